The molecule has 0 aromatic heterocycles. The minimum Gasteiger partial charge on any atom is -0.481 e. The molecule has 0 aliphatic rings. The number of aryl methyl sites for hydroxylation is 1. The molecule has 0 saturated heterocycles. The van der Waals surface area contributed by atoms with Crippen LogP contribution in [-0.4, -0.2) is 18.6 Å². The molecule has 1 amide bonds. The van der Waals surface area contributed by atoms with Gasteiger partial charge in [-0.25, -0.2) is 0 Å². The summed E-state index contributed by atoms with van der Waals surface area (Å²) >= 11 is 6.01. The fourth-order valence-corrected chi connectivity index (χ4v) is 2.38. The first-order chi connectivity index (χ1) is 11.1. The largest absolute Gasteiger partial charge is 0.481 e. The maximum atomic E-state index is 12.3. The van der Waals surface area contributed by atoms with E-state index in [1.54, 1.807) is 12.1 Å². The maximum absolute atomic E-state index is 12.3. The molecule has 3 nitrogen and oxygen atoms in total. The average Bonchev–Trinajstić information content (AvgIpc) is 2.56. The van der Waals surface area contributed by atoms with Crippen molar-refractivity contribution in [1.29, 1.82) is 0 Å². The summed E-state index contributed by atoms with van der Waals surface area (Å²) in [6, 6.07) is 15.5. The van der Waals surface area contributed by atoms with Gasteiger partial charge in [0.2, 0.25) is 0 Å². The molecule has 1 atom stereocenters. The van der Waals surface area contributed by atoms with Gasteiger partial charge in [-0.2, -0.15) is 0 Å². The molecule has 0 bridgehead atoms. The molecule has 0 radical (unpaired) electrons. The van der Waals surface area contributed by atoms with Gasteiger partial charge in [-0.15, -0.1) is 0 Å². The van der Waals surface area contributed by atoms with Crippen molar-refractivity contribution in [2.75, 3.05) is 6.54 Å². The highest BCUT2D eigenvalue weighted by atomic mass is 35.5. The molecule has 0 spiro atoms. The second kappa shape index (κ2) is 8.59. The summed E-state index contributed by atoms with van der Waals surface area (Å²) in [6.07, 6.45) is 0.924. The van der Waals surface area contributed by atoms with Crippen molar-refractivity contribution < 1.29 is 9.53 Å². The standard InChI is InChI=1S/C19H22ClNO2/c1-3-18(23-16-9-10-17(20)14(2)13-16)19(22)21-12-11-15-7-5-4-6-8-15/h4-10,13,18H,3,11-12H2,1-2H3,(H,21,22)/t18-/m1/s1. The molecule has 2 rings (SSSR count). The molecule has 4 heteroatoms. The molecule has 0 aliphatic carbocycles. The number of nitrogens with one attached hydrogen (secondary N) is 1. The number of ether oxygens (including phenoxy) is 1. The Balaban J connectivity index is 1.86. The Morgan fingerprint density at radius 1 is 1.22 bits per heavy atom. The van der Waals surface area contributed by atoms with E-state index in [2.05, 4.69) is 17.4 Å². The van der Waals surface area contributed by atoms with Crippen LogP contribution >= 0.6 is 11.6 Å². The van der Waals surface area contributed by atoms with E-state index in [0.717, 1.165) is 12.0 Å². The van der Waals surface area contributed by atoms with E-state index in [1.807, 2.05) is 38.1 Å². The van der Waals surface area contributed by atoms with Crippen LogP contribution in [0.2, 0.25) is 5.02 Å². The van der Waals surface area contributed by atoms with Gasteiger partial charge in [-0.3, -0.25) is 4.79 Å². The highest BCUT2D eigenvalue weighted by molar-refractivity contribution is 6.31. The van der Waals surface area contributed by atoms with Crippen LogP contribution in [0.25, 0.3) is 0 Å². The number of amides is 1. The fraction of sp³-hybridized carbons (Fsp3) is 0.316. The third-order valence-electron chi connectivity index (χ3n) is 3.63. The van der Waals surface area contributed by atoms with Crippen LogP contribution in [0.3, 0.4) is 0 Å². The fourth-order valence-electron chi connectivity index (χ4n) is 2.27. The van der Waals surface area contributed by atoms with E-state index in [1.165, 1.54) is 5.56 Å². The average molecular weight is 332 g/mol. The first kappa shape index (κ1) is 17.4. The Morgan fingerprint density at radius 3 is 2.61 bits per heavy atom. The smallest absolute Gasteiger partial charge is 0.261 e. The molecule has 0 fully saturated rings. The van der Waals surface area contributed by atoms with Gasteiger partial charge in [-0.05, 0) is 49.1 Å². The molecule has 1 N–H and O–H groups in total. The number of halogens is 1. The first-order valence-corrected chi connectivity index (χ1v) is 8.22. The highest BCUT2D eigenvalue weighted by Gasteiger charge is 2.18. The van der Waals surface area contributed by atoms with E-state index in [4.69, 9.17) is 16.3 Å². The van der Waals surface area contributed by atoms with Gasteiger partial charge in [0.15, 0.2) is 6.10 Å². The van der Waals surface area contributed by atoms with Crippen molar-refractivity contribution in [2.45, 2.75) is 32.8 Å². The van der Waals surface area contributed by atoms with Gasteiger partial charge in [0, 0.05) is 11.6 Å². The minimum atomic E-state index is -0.494. The lowest BCUT2D eigenvalue weighted by Crippen LogP contribution is -2.38. The summed E-state index contributed by atoms with van der Waals surface area (Å²) in [5.41, 5.74) is 2.14. The van der Waals surface area contributed by atoms with E-state index in [-0.39, 0.29) is 5.91 Å². The lowest BCUT2D eigenvalue weighted by molar-refractivity contribution is -0.128. The Morgan fingerprint density at radius 2 is 1.96 bits per heavy atom. The van der Waals surface area contributed by atoms with Gasteiger partial charge >= 0.3 is 0 Å². The summed E-state index contributed by atoms with van der Waals surface area (Å²) in [5.74, 6) is 0.577. The van der Waals surface area contributed by atoms with Crippen molar-refractivity contribution >= 4 is 17.5 Å². The summed E-state index contributed by atoms with van der Waals surface area (Å²) < 4.78 is 5.79. The second-order valence-corrected chi connectivity index (χ2v) is 5.86. The van der Waals surface area contributed by atoms with Crippen molar-refractivity contribution in [1.82, 2.24) is 5.32 Å². The summed E-state index contributed by atoms with van der Waals surface area (Å²) in [6.45, 7) is 4.45. The number of rotatable bonds is 7. The van der Waals surface area contributed by atoms with Crippen LogP contribution in [0.4, 0.5) is 0 Å². The third-order valence-corrected chi connectivity index (χ3v) is 4.05. The normalized spacial score (nSPS) is 11.8. The number of carbonyl (C=O) groups is 1. The maximum Gasteiger partial charge on any atom is 0.261 e. The Bertz CT molecular complexity index is 643. The molecule has 2 aromatic carbocycles. The Hall–Kier alpha value is -2.00. The van der Waals surface area contributed by atoms with Gasteiger partial charge in [0.25, 0.3) is 5.91 Å². The van der Waals surface area contributed by atoms with Crippen molar-refractivity contribution in [3.63, 3.8) is 0 Å². The lowest BCUT2D eigenvalue weighted by atomic mass is 10.1. The zero-order chi connectivity index (χ0) is 16.7. The van der Waals surface area contributed by atoms with Crippen molar-refractivity contribution in [3.05, 3.63) is 64.7 Å². The molecule has 2 aromatic rings. The second-order valence-electron chi connectivity index (χ2n) is 5.45. The Kier molecular flexibility index (Phi) is 6.48. The van der Waals surface area contributed by atoms with Crippen LogP contribution in [-0.2, 0) is 11.2 Å². The quantitative estimate of drug-likeness (QED) is 0.827. The van der Waals surface area contributed by atoms with E-state index < -0.39 is 6.10 Å². The predicted molar refractivity (Wildman–Crippen MR) is 94.1 cm³/mol. The Labute approximate surface area is 142 Å². The molecule has 0 aliphatic heterocycles. The van der Waals surface area contributed by atoms with Gasteiger partial charge in [0.1, 0.15) is 5.75 Å². The van der Waals surface area contributed by atoms with E-state index >= 15 is 0 Å². The number of carbonyl (C=O) groups excluding carboxylic acids is 1. The molecule has 0 unspecified atom stereocenters. The highest BCUT2D eigenvalue weighted by Crippen LogP contribution is 2.22. The van der Waals surface area contributed by atoms with E-state index in [0.29, 0.717) is 23.7 Å². The molecular formula is C19H22ClNO2. The van der Waals surface area contributed by atoms with Gasteiger partial charge < -0.3 is 10.1 Å². The summed E-state index contributed by atoms with van der Waals surface area (Å²) in [4.78, 5) is 12.3. The lowest BCUT2D eigenvalue weighted by Gasteiger charge is -2.18. The van der Waals surface area contributed by atoms with Crippen molar-refractivity contribution in [3.8, 4) is 5.75 Å². The molecule has 122 valence electrons. The number of benzene rings is 2. The van der Waals surface area contributed by atoms with Gasteiger partial charge in [0.05, 0.1) is 0 Å². The van der Waals surface area contributed by atoms with Crippen LogP contribution in [0, 0.1) is 6.92 Å². The molecule has 0 saturated carbocycles. The number of hydrogen-bond donors (Lipinski definition) is 1. The summed E-state index contributed by atoms with van der Waals surface area (Å²) in [7, 11) is 0. The van der Waals surface area contributed by atoms with E-state index in [9.17, 15) is 4.79 Å². The van der Waals surface area contributed by atoms with Crippen LogP contribution in [0.5, 0.6) is 5.75 Å². The molecule has 0 heterocycles. The zero-order valence-electron chi connectivity index (χ0n) is 13.5. The zero-order valence-corrected chi connectivity index (χ0v) is 14.3. The van der Waals surface area contributed by atoms with Crippen molar-refractivity contribution in [2.24, 2.45) is 0 Å². The minimum absolute atomic E-state index is 0.0870. The van der Waals surface area contributed by atoms with Crippen LogP contribution < -0.4 is 10.1 Å². The molecule has 23 heavy (non-hydrogen) atoms. The van der Waals surface area contributed by atoms with Crippen LogP contribution in [0.15, 0.2) is 48.5 Å². The molecular weight excluding hydrogens is 310 g/mol. The van der Waals surface area contributed by atoms with Crippen LogP contribution in [0.1, 0.15) is 24.5 Å². The third kappa shape index (κ3) is 5.29. The predicted octanol–water partition coefficient (Wildman–Crippen LogP) is 4.16. The van der Waals surface area contributed by atoms with Gasteiger partial charge in [-0.1, -0.05) is 48.9 Å². The first-order valence-electron chi connectivity index (χ1n) is 7.84. The SMILES string of the molecule is CC[C@@H](Oc1ccc(Cl)c(C)c1)C(=O)NCCc1ccccc1. The summed E-state index contributed by atoms with van der Waals surface area (Å²) in [5, 5.41) is 3.63. The monoisotopic (exact) mass is 331 g/mol. The number of hydrogen-bond acceptors (Lipinski definition) is 2. The topological polar surface area (TPSA) is 38.3 Å².